The van der Waals surface area contributed by atoms with Crippen LogP contribution in [-0.4, -0.2) is 33.0 Å². The summed E-state index contributed by atoms with van der Waals surface area (Å²) in [6, 6.07) is 3.93. The van der Waals surface area contributed by atoms with Crippen molar-refractivity contribution in [1.29, 1.82) is 0 Å². The van der Waals surface area contributed by atoms with Crippen LogP contribution in [0.25, 0.3) is 0 Å². The molecule has 0 spiro atoms. The first-order valence-corrected chi connectivity index (χ1v) is 8.36. The minimum absolute atomic E-state index is 0.342. The van der Waals surface area contributed by atoms with Gasteiger partial charge in [0.15, 0.2) is 11.5 Å². The minimum atomic E-state index is 0.342. The molecule has 1 unspecified atom stereocenters. The van der Waals surface area contributed by atoms with E-state index in [4.69, 9.17) is 14.2 Å². The zero-order valence-electron chi connectivity index (χ0n) is 12.8. The number of hydrogen-bond acceptors (Lipinski definition) is 4. The quantitative estimate of drug-likeness (QED) is 0.772. The highest BCUT2D eigenvalue weighted by Crippen LogP contribution is 2.36. The topological polar surface area (TPSA) is 39.7 Å². The molecule has 1 atom stereocenters. The molecule has 0 bridgehead atoms. The molecule has 0 amide bonds. The molecule has 4 nitrogen and oxygen atoms in total. The van der Waals surface area contributed by atoms with Crippen LogP contribution in [0.2, 0.25) is 0 Å². The summed E-state index contributed by atoms with van der Waals surface area (Å²) in [6.45, 7) is 5.28. The predicted molar refractivity (Wildman–Crippen MR) is 87.2 cm³/mol. The molecule has 1 aromatic carbocycles. The molecule has 1 heterocycles. The number of halogens is 1. The van der Waals surface area contributed by atoms with Crippen molar-refractivity contribution in [2.75, 3.05) is 26.9 Å². The van der Waals surface area contributed by atoms with Crippen molar-refractivity contribution in [2.24, 2.45) is 0 Å². The highest BCUT2D eigenvalue weighted by atomic mass is 79.9. The van der Waals surface area contributed by atoms with Gasteiger partial charge in [-0.15, -0.1) is 0 Å². The first-order valence-electron chi connectivity index (χ1n) is 7.56. The predicted octanol–water partition coefficient (Wildman–Crippen LogP) is 3.52. The second-order valence-corrected chi connectivity index (χ2v) is 6.03. The van der Waals surface area contributed by atoms with Crippen LogP contribution < -0.4 is 14.8 Å². The molecule has 0 aromatic heterocycles. The average molecular weight is 358 g/mol. The fraction of sp³-hybridized carbons (Fsp3) is 0.625. The maximum atomic E-state index is 5.89. The number of methoxy groups -OCH3 is 1. The Morgan fingerprint density at radius 3 is 2.95 bits per heavy atom. The molecule has 2 rings (SSSR count). The van der Waals surface area contributed by atoms with Crippen molar-refractivity contribution >= 4 is 15.9 Å². The van der Waals surface area contributed by atoms with Gasteiger partial charge in [-0.2, -0.15) is 0 Å². The molecule has 0 radical (unpaired) electrons. The molecular weight excluding hydrogens is 334 g/mol. The zero-order chi connectivity index (χ0) is 15.1. The number of hydrogen-bond donors (Lipinski definition) is 1. The molecule has 118 valence electrons. The highest BCUT2D eigenvalue weighted by Gasteiger charge is 2.17. The molecule has 1 aromatic rings. The van der Waals surface area contributed by atoms with Crippen LogP contribution in [0.3, 0.4) is 0 Å². The van der Waals surface area contributed by atoms with Crippen LogP contribution in [0.5, 0.6) is 11.5 Å². The van der Waals surface area contributed by atoms with Crippen molar-refractivity contribution < 1.29 is 14.2 Å². The number of ether oxygens (including phenoxy) is 3. The van der Waals surface area contributed by atoms with E-state index in [1.165, 1.54) is 6.42 Å². The Balaban J connectivity index is 2.03. The summed E-state index contributed by atoms with van der Waals surface area (Å²) < 4.78 is 18.0. The van der Waals surface area contributed by atoms with E-state index in [-0.39, 0.29) is 0 Å². The summed E-state index contributed by atoms with van der Waals surface area (Å²) in [7, 11) is 1.67. The van der Waals surface area contributed by atoms with E-state index in [1.807, 2.05) is 12.1 Å². The lowest BCUT2D eigenvalue weighted by atomic mass is 10.1. The van der Waals surface area contributed by atoms with Gasteiger partial charge in [-0.1, -0.05) is 22.9 Å². The lowest BCUT2D eigenvalue weighted by Crippen LogP contribution is -2.26. The maximum Gasteiger partial charge on any atom is 0.166 e. The molecule has 1 saturated heterocycles. The first kappa shape index (κ1) is 16.6. The third-order valence-electron chi connectivity index (χ3n) is 3.54. The van der Waals surface area contributed by atoms with Crippen molar-refractivity contribution in [3.8, 4) is 11.5 Å². The van der Waals surface area contributed by atoms with E-state index in [9.17, 15) is 0 Å². The van der Waals surface area contributed by atoms with Gasteiger partial charge < -0.3 is 19.5 Å². The molecule has 0 saturated carbocycles. The van der Waals surface area contributed by atoms with Crippen LogP contribution in [-0.2, 0) is 11.3 Å². The number of benzene rings is 1. The molecule has 21 heavy (non-hydrogen) atoms. The summed E-state index contributed by atoms with van der Waals surface area (Å²) >= 11 is 3.61. The van der Waals surface area contributed by atoms with Gasteiger partial charge in [0.05, 0.1) is 19.8 Å². The fourth-order valence-electron chi connectivity index (χ4n) is 2.43. The summed E-state index contributed by atoms with van der Waals surface area (Å²) in [5.74, 6) is 1.61. The van der Waals surface area contributed by atoms with Gasteiger partial charge in [-0.25, -0.2) is 0 Å². The van der Waals surface area contributed by atoms with E-state index in [1.54, 1.807) is 7.11 Å². The van der Waals surface area contributed by atoms with Gasteiger partial charge in [0.2, 0.25) is 0 Å². The Hall–Kier alpha value is -0.780. The Morgan fingerprint density at radius 2 is 2.29 bits per heavy atom. The number of nitrogens with one attached hydrogen (secondary N) is 1. The standard InChI is InChI=1S/C16H24BrNO3/c1-3-8-21-16-13(14(17)6-7-15(16)19-2)11-18-10-12-5-4-9-20-12/h6-7,12,18H,3-5,8-11H2,1-2H3. The van der Waals surface area contributed by atoms with Crippen LogP contribution in [0, 0.1) is 0 Å². The molecule has 0 aliphatic carbocycles. The molecular formula is C16H24BrNO3. The van der Waals surface area contributed by atoms with Crippen molar-refractivity contribution in [3.05, 3.63) is 22.2 Å². The van der Waals surface area contributed by atoms with Crippen LogP contribution in [0.1, 0.15) is 31.7 Å². The van der Waals surface area contributed by atoms with Gasteiger partial charge in [0.1, 0.15) is 0 Å². The number of rotatable bonds is 8. The van der Waals surface area contributed by atoms with Gasteiger partial charge in [0.25, 0.3) is 0 Å². The smallest absolute Gasteiger partial charge is 0.166 e. The lowest BCUT2D eigenvalue weighted by molar-refractivity contribution is 0.110. The Kier molecular flexibility index (Phi) is 6.80. The normalized spacial score (nSPS) is 18.0. The monoisotopic (exact) mass is 357 g/mol. The van der Waals surface area contributed by atoms with E-state index in [0.29, 0.717) is 12.7 Å². The van der Waals surface area contributed by atoms with Crippen LogP contribution in [0.15, 0.2) is 16.6 Å². The van der Waals surface area contributed by atoms with Gasteiger partial charge in [-0.05, 0) is 31.4 Å². The van der Waals surface area contributed by atoms with Crippen molar-refractivity contribution in [1.82, 2.24) is 5.32 Å². The Bertz CT molecular complexity index is 447. The molecule has 1 aliphatic rings. The van der Waals surface area contributed by atoms with E-state index in [0.717, 1.165) is 54.1 Å². The highest BCUT2D eigenvalue weighted by molar-refractivity contribution is 9.10. The lowest BCUT2D eigenvalue weighted by Gasteiger charge is -2.17. The second kappa shape index (κ2) is 8.61. The van der Waals surface area contributed by atoms with Gasteiger partial charge in [-0.3, -0.25) is 0 Å². The van der Waals surface area contributed by atoms with E-state index in [2.05, 4.69) is 28.2 Å². The average Bonchev–Trinajstić information content (AvgIpc) is 3.00. The van der Waals surface area contributed by atoms with E-state index >= 15 is 0 Å². The summed E-state index contributed by atoms with van der Waals surface area (Å²) in [6.07, 6.45) is 3.62. The molecule has 1 fully saturated rings. The van der Waals surface area contributed by atoms with Gasteiger partial charge in [0, 0.05) is 29.7 Å². The molecule has 1 N–H and O–H groups in total. The second-order valence-electron chi connectivity index (χ2n) is 5.17. The van der Waals surface area contributed by atoms with E-state index < -0.39 is 0 Å². The zero-order valence-corrected chi connectivity index (χ0v) is 14.4. The molecule has 1 aliphatic heterocycles. The summed E-state index contributed by atoms with van der Waals surface area (Å²) in [5.41, 5.74) is 1.10. The Labute approximate surface area is 135 Å². The minimum Gasteiger partial charge on any atom is -0.493 e. The molecule has 5 heteroatoms. The fourth-order valence-corrected chi connectivity index (χ4v) is 2.89. The van der Waals surface area contributed by atoms with Crippen molar-refractivity contribution in [2.45, 2.75) is 38.8 Å². The van der Waals surface area contributed by atoms with Crippen molar-refractivity contribution in [3.63, 3.8) is 0 Å². The van der Waals surface area contributed by atoms with Crippen LogP contribution in [0.4, 0.5) is 0 Å². The summed E-state index contributed by atoms with van der Waals surface area (Å²) in [5, 5.41) is 3.46. The maximum absolute atomic E-state index is 5.89. The van der Waals surface area contributed by atoms with Gasteiger partial charge >= 0.3 is 0 Å². The first-order chi connectivity index (χ1) is 10.3. The SMILES string of the molecule is CCCOc1c(OC)ccc(Br)c1CNCC1CCCO1. The third-order valence-corrected chi connectivity index (χ3v) is 4.28. The van der Waals surface area contributed by atoms with Crippen LogP contribution >= 0.6 is 15.9 Å². The third kappa shape index (κ3) is 4.59. The Morgan fingerprint density at radius 1 is 1.43 bits per heavy atom. The summed E-state index contributed by atoms with van der Waals surface area (Å²) in [4.78, 5) is 0. The largest absolute Gasteiger partial charge is 0.493 e.